The SMILES string of the molecule is CC1C[C@H]2CC[C@H]2C1. The molecule has 0 nitrogen and oxygen atoms in total. The lowest BCUT2D eigenvalue weighted by Crippen LogP contribution is -2.18. The maximum Gasteiger partial charge on any atom is -0.0383 e. The van der Waals surface area contributed by atoms with Crippen molar-refractivity contribution in [2.24, 2.45) is 17.8 Å². The van der Waals surface area contributed by atoms with Crippen LogP contribution in [0.2, 0.25) is 0 Å². The standard InChI is InChI=1S/C8H14/c1-6-4-7-2-3-8(7)5-6/h6-8H,2-5H2,1H3/t6?,7-,8+. The molecule has 0 spiro atoms. The highest BCUT2D eigenvalue weighted by molar-refractivity contribution is 4.88. The first-order valence-electron chi connectivity index (χ1n) is 3.86. The molecular formula is C8H14. The van der Waals surface area contributed by atoms with E-state index in [1.807, 2.05) is 0 Å². The topological polar surface area (TPSA) is 0 Å². The monoisotopic (exact) mass is 110 g/mol. The molecule has 0 amide bonds. The lowest BCUT2D eigenvalue weighted by Gasteiger charge is -2.29. The van der Waals surface area contributed by atoms with Crippen LogP contribution in [0.4, 0.5) is 0 Å². The molecule has 0 bridgehead atoms. The average molecular weight is 110 g/mol. The van der Waals surface area contributed by atoms with Crippen LogP contribution in [0.25, 0.3) is 0 Å². The third-order valence-corrected chi connectivity index (χ3v) is 2.99. The van der Waals surface area contributed by atoms with Crippen LogP contribution in [-0.4, -0.2) is 0 Å². The Morgan fingerprint density at radius 2 is 1.50 bits per heavy atom. The molecule has 2 saturated carbocycles. The summed E-state index contributed by atoms with van der Waals surface area (Å²) in [6.45, 7) is 2.40. The van der Waals surface area contributed by atoms with Crippen molar-refractivity contribution in [1.82, 2.24) is 0 Å². The van der Waals surface area contributed by atoms with Gasteiger partial charge in [-0.25, -0.2) is 0 Å². The molecule has 2 aliphatic rings. The third-order valence-electron chi connectivity index (χ3n) is 2.99. The van der Waals surface area contributed by atoms with E-state index >= 15 is 0 Å². The van der Waals surface area contributed by atoms with Crippen molar-refractivity contribution in [3.05, 3.63) is 0 Å². The van der Waals surface area contributed by atoms with Gasteiger partial charge in [0, 0.05) is 0 Å². The van der Waals surface area contributed by atoms with Gasteiger partial charge in [0.2, 0.25) is 0 Å². The minimum atomic E-state index is 1.06. The van der Waals surface area contributed by atoms with Crippen LogP contribution in [0.15, 0.2) is 0 Å². The zero-order chi connectivity index (χ0) is 5.56. The van der Waals surface area contributed by atoms with Crippen molar-refractivity contribution in [3.63, 3.8) is 0 Å². The molecular weight excluding hydrogens is 96.1 g/mol. The molecule has 8 heavy (non-hydrogen) atoms. The highest BCUT2D eigenvalue weighted by Gasteiger charge is 2.37. The van der Waals surface area contributed by atoms with Gasteiger partial charge in [-0.2, -0.15) is 0 Å². The Bertz CT molecular complexity index is 84.2. The van der Waals surface area contributed by atoms with Crippen LogP contribution in [-0.2, 0) is 0 Å². The molecule has 0 aromatic rings. The summed E-state index contributed by atoms with van der Waals surface area (Å²) in [5, 5.41) is 0. The van der Waals surface area contributed by atoms with Crippen LogP contribution >= 0.6 is 0 Å². The molecule has 0 N–H and O–H groups in total. The second-order valence-corrected chi connectivity index (χ2v) is 3.67. The second kappa shape index (κ2) is 1.49. The van der Waals surface area contributed by atoms with Gasteiger partial charge in [-0.3, -0.25) is 0 Å². The molecule has 1 unspecified atom stereocenters. The maximum atomic E-state index is 2.40. The van der Waals surface area contributed by atoms with Gasteiger partial charge >= 0.3 is 0 Å². The van der Waals surface area contributed by atoms with Gasteiger partial charge in [0.05, 0.1) is 0 Å². The molecule has 46 valence electrons. The van der Waals surface area contributed by atoms with Crippen molar-refractivity contribution in [1.29, 1.82) is 0 Å². The maximum absolute atomic E-state index is 2.40. The summed E-state index contributed by atoms with van der Waals surface area (Å²) in [6, 6.07) is 0. The first-order chi connectivity index (χ1) is 3.86. The Morgan fingerprint density at radius 3 is 1.75 bits per heavy atom. The van der Waals surface area contributed by atoms with E-state index in [0.29, 0.717) is 0 Å². The summed E-state index contributed by atoms with van der Waals surface area (Å²) in [7, 11) is 0. The summed E-state index contributed by atoms with van der Waals surface area (Å²) in [4.78, 5) is 0. The second-order valence-electron chi connectivity index (χ2n) is 3.67. The zero-order valence-electron chi connectivity index (χ0n) is 5.56. The van der Waals surface area contributed by atoms with E-state index in [-0.39, 0.29) is 0 Å². The van der Waals surface area contributed by atoms with E-state index < -0.39 is 0 Å². The lowest BCUT2D eigenvalue weighted by molar-refractivity contribution is 0.219. The molecule has 0 aliphatic heterocycles. The van der Waals surface area contributed by atoms with Gasteiger partial charge in [0.1, 0.15) is 0 Å². The predicted molar refractivity (Wildman–Crippen MR) is 34.6 cm³/mol. The van der Waals surface area contributed by atoms with Crippen LogP contribution in [0, 0.1) is 17.8 Å². The largest absolute Gasteiger partial charge is 0.0625 e. The zero-order valence-corrected chi connectivity index (χ0v) is 5.56. The van der Waals surface area contributed by atoms with E-state index in [2.05, 4.69) is 6.92 Å². The Labute approximate surface area is 51.3 Å². The predicted octanol–water partition coefficient (Wildman–Crippen LogP) is 2.44. The summed E-state index contributed by atoms with van der Waals surface area (Å²) < 4.78 is 0. The van der Waals surface area contributed by atoms with Crippen LogP contribution in [0.3, 0.4) is 0 Å². The van der Waals surface area contributed by atoms with Gasteiger partial charge < -0.3 is 0 Å². The molecule has 0 saturated heterocycles. The summed E-state index contributed by atoms with van der Waals surface area (Å²) >= 11 is 0. The summed E-state index contributed by atoms with van der Waals surface area (Å²) in [5.41, 5.74) is 0. The normalized spacial score (nSPS) is 52.9. The first kappa shape index (κ1) is 4.84. The fraction of sp³-hybridized carbons (Fsp3) is 1.00. The molecule has 0 aromatic carbocycles. The third kappa shape index (κ3) is 0.519. The van der Waals surface area contributed by atoms with Crippen LogP contribution < -0.4 is 0 Å². The molecule has 2 aliphatic carbocycles. The Morgan fingerprint density at radius 1 is 1.00 bits per heavy atom. The molecule has 2 rings (SSSR count). The van der Waals surface area contributed by atoms with Crippen molar-refractivity contribution in [2.45, 2.75) is 32.6 Å². The van der Waals surface area contributed by atoms with Crippen LogP contribution in [0.5, 0.6) is 0 Å². The number of hydrogen-bond donors (Lipinski definition) is 0. The molecule has 2 fully saturated rings. The van der Waals surface area contributed by atoms with Gasteiger partial charge in [-0.1, -0.05) is 6.92 Å². The van der Waals surface area contributed by atoms with E-state index in [1.165, 1.54) is 11.8 Å². The van der Waals surface area contributed by atoms with E-state index in [0.717, 1.165) is 5.92 Å². The minimum Gasteiger partial charge on any atom is -0.0625 e. The summed E-state index contributed by atoms with van der Waals surface area (Å²) in [6.07, 6.45) is 6.19. The smallest absolute Gasteiger partial charge is 0.0383 e. The molecule has 0 aromatic heterocycles. The summed E-state index contributed by atoms with van der Waals surface area (Å²) in [5.74, 6) is 3.41. The highest BCUT2D eigenvalue weighted by Crippen LogP contribution is 2.49. The van der Waals surface area contributed by atoms with Crippen molar-refractivity contribution < 1.29 is 0 Å². The minimum absolute atomic E-state index is 1.06. The Kier molecular flexibility index (Phi) is 0.902. The van der Waals surface area contributed by atoms with Gasteiger partial charge in [-0.15, -0.1) is 0 Å². The van der Waals surface area contributed by atoms with Crippen molar-refractivity contribution in [2.75, 3.05) is 0 Å². The molecule has 0 heterocycles. The van der Waals surface area contributed by atoms with Crippen molar-refractivity contribution >= 4 is 0 Å². The Balaban J connectivity index is 2.00. The molecule has 3 atom stereocenters. The van der Waals surface area contributed by atoms with E-state index in [9.17, 15) is 0 Å². The van der Waals surface area contributed by atoms with E-state index in [4.69, 9.17) is 0 Å². The quantitative estimate of drug-likeness (QED) is 0.449. The number of hydrogen-bond acceptors (Lipinski definition) is 0. The van der Waals surface area contributed by atoms with Gasteiger partial charge in [0.15, 0.2) is 0 Å². The molecule has 0 heteroatoms. The fourth-order valence-electron chi connectivity index (χ4n) is 2.39. The van der Waals surface area contributed by atoms with Crippen LogP contribution in [0.1, 0.15) is 32.6 Å². The van der Waals surface area contributed by atoms with Crippen molar-refractivity contribution in [3.8, 4) is 0 Å². The highest BCUT2D eigenvalue weighted by atomic mass is 14.4. The Hall–Kier alpha value is 0. The first-order valence-corrected chi connectivity index (χ1v) is 3.86. The number of fused-ring (bicyclic) bond motifs is 1. The number of rotatable bonds is 0. The van der Waals surface area contributed by atoms with E-state index in [1.54, 1.807) is 25.7 Å². The van der Waals surface area contributed by atoms with Gasteiger partial charge in [0.25, 0.3) is 0 Å². The molecule has 0 radical (unpaired) electrons. The lowest BCUT2D eigenvalue weighted by atomic mass is 9.77. The average Bonchev–Trinajstić information content (AvgIpc) is 1.91. The van der Waals surface area contributed by atoms with Gasteiger partial charge in [-0.05, 0) is 43.4 Å². The fourth-order valence-corrected chi connectivity index (χ4v) is 2.39.